The molecule has 0 fully saturated rings. The molecule has 0 amide bonds. The van der Waals surface area contributed by atoms with Gasteiger partial charge in [0.05, 0.1) is 16.7 Å². The van der Waals surface area contributed by atoms with E-state index in [2.05, 4.69) is 156 Å². The number of rotatable bonds is 6. The average Bonchev–Trinajstić information content (AvgIpc) is 4.03. The maximum atomic E-state index is 7.14. The fraction of sp³-hybridized carbons (Fsp3) is 0.0702. The second-order valence-corrected chi connectivity index (χ2v) is 16.5. The third-order valence-electron chi connectivity index (χ3n) is 12.7. The Hall–Kier alpha value is -8.09. The number of hydrogen-bond acceptors (Lipinski definition) is 5. The first-order valence-electron chi connectivity index (χ1n) is 21.7. The van der Waals surface area contributed by atoms with Crippen LogP contribution >= 0.6 is 0 Å². The van der Waals surface area contributed by atoms with Crippen LogP contribution in [0.25, 0.3) is 116 Å². The van der Waals surface area contributed by atoms with E-state index in [1.807, 2.05) is 30.3 Å². The minimum atomic E-state index is 0.615. The molecule has 2 aliphatic rings. The second-order valence-electron chi connectivity index (χ2n) is 16.5. The predicted octanol–water partition coefficient (Wildman–Crippen LogP) is 15.2. The summed E-state index contributed by atoms with van der Waals surface area (Å²) in [6, 6.07) is 51.3. The molecule has 7 aromatic carbocycles. The molecule has 0 unspecified atom stereocenters. The van der Waals surface area contributed by atoms with Gasteiger partial charge >= 0.3 is 0 Å². The summed E-state index contributed by atoms with van der Waals surface area (Å²) in [5.74, 6) is 1.92. The van der Waals surface area contributed by atoms with Crippen molar-refractivity contribution in [3.05, 3.63) is 193 Å². The lowest BCUT2D eigenvalue weighted by Crippen LogP contribution is -2.03. The smallest absolute Gasteiger partial charge is 0.164 e. The molecule has 63 heavy (non-hydrogen) atoms. The van der Waals surface area contributed by atoms with Crippen LogP contribution in [0.3, 0.4) is 0 Å². The van der Waals surface area contributed by atoms with Gasteiger partial charge in [-0.2, -0.15) is 0 Å². The van der Waals surface area contributed by atoms with E-state index < -0.39 is 0 Å². The standard InChI is InChI=1S/C57H38N4O2/c1-4-15-35(16-5-1)40-32-46(57-59-55(36-17-6-2-7-18-36)58-56(60-57)37-19-8-3-9-20-37)53-44-23-14-25-49(54(44)63-52(53)34-40)61-47-24-12-10-21-41(47)45-31-38(28-30-48(45)61)39-27-29-43-42-22-11-13-26-50(42)62-51(43)33-39/h2,4,6-8,10-34H,1,3,5,9H2. The third kappa shape index (κ3) is 5.83. The molecule has 4 heterocycles. The molecule has 0 N–H and O–H groups in total. The normalized spacial score (nSPS) is 14.2. The van der Waals surface area contributed by atoms with Gasteiger partial charge in [-0.25, -0.2) is 15.0 Å². The molecule has 298 valence electrons. The molecule has 6 nitrogen and oxygen atoms in total. The second kappa shape index (κ2) is 14.3. The van der Waals surface area contributed by atoms with Crippen molar-refractivity contribution >= 4 is 76.8 Å². The van der Waals surface area contributed by atoms with Gasteiger partial charge < -0.3 is 13.4 Å². The van der Waals surface area contributed by atoms with Crippen molar-refractivity contribution in [3.63, 3.8) is 0 Å². The molecule has 11 aromatic rings. The zero-order chi connectivity index (χ0) is 41.4. The Kier molecular flexibility index (Phi) is 8.06. The first-order valence-corrected chi connectivity index (χ1v) is 21.7. The van der Waals surface area contributed by atoms with Crippen LogP contribution in [0.4, 0.5) is 0 Å². The van der Waals surface area contributed by atoms with Crippen LogP contribution in [0.5, 0.6) is 0 Å². The SMILES string of the molecule is C1=CC(c2cc(-c3nc(C4=CCCC=C4)nc(-c4ccccc4)n3)c3c(c2)oc2c(-n4c5ccccc5c5cc(-c6ccc7c(c6)oc6ccccc67)ccc54)cccc23)=CCC1. The lowest BCUT2D eigenvalue weighted by atomic mass is 9.95. The van der Waals surface area contributed by atoms with E-state index in [0.29, 0.717) is 17.5 Å². The van der Waals surface area contributed by atoms with E-state index in [9.17, 15) is 0 Å². The van der Waals surface area contributed by atoms with E-state index >= 15 is 0 Å². The predicted molar refractivity (Wildman–Crippen MR) is 258 cm³/mol. The number of furan rings is 2. The number of nitrogens with zero attached hydrogens (tertiary/aromatic N) is 4. The van der Waals surface area contributed by atoms with Gasteiger partial charge in [-0.05, 0) is 103 Å². The maximum Gasteiger partial charge on any atom is 0.164 e. The van der Waals surface area contributed by atoms with Gasteiger partial charge in [-0.15, -0.1) is 0 Å². The Balaban J connectivity index is 1.03. The zero-order valence-electron chi connectivity index (χ0n) is 34.3. The fourth-order valence-electron chi connectivity index (χ4n) is 9.70. The largest absolute Gasteiger partial charge is 0.456 e. The Morgan fingerprint density at radius 3 is 1.95 bits per heavy atom. The molecular weight excluding hydrogens is 773 g/mol. The van der Waals surface area contributed by atoms with Crippen LogP contribution in [-0.2, 0) is 0 Å². The van der Waals surface area contributed by atoms with Crippen molar-refractivity contribution in [3.8, 4) is 39.6 Å². The van der Waals surface area contributed by atoms with Crippen molar-refractivity contribution in [2.24, 2.45) is 0 Å². The highest BCUT2D eigenvalue weighted by Gasteiger charge is 2.24. The zero-order valence-corrected chi connectivity index (χ0v) is 34.3. The Morgan fingerprint density at radius 2 is 1.10 bits per heavy atom. The minimum absolute atomic E-state index is 0.615. The van der Waals surface area contributed by atoms with Crippen LogP contribution < -0.4 is 0 Å². The summed E-state index contributed by atoms with van der Waals surface area (Å²) in [6.07, 6.45) is 17.3. The summed E-state index contributed by atoms with van der Waals surface area (Å²) in [5.41, 5.74) is 13.9. The van der Waals surface area contributed by atoms with Crippen molar-refractivity contribution in [2.45, 2.75) is 25.7 Å². The molecule has 0 bridgehead atoms. The van der Waals surface area contributed by atoms with E-state index in [0.717, 1.165) is 125 Å². The van der Waals surface area contributed by atoms with Crippen LogP contribution in [0.2, 0.25) is 0 Å². The van der Waals surface area contributed by atoms with Gasteiger partial charge in [0, 0.05) is 49.0 Å². The number of allylic oxidation sites excluding steroid dienone is 8. The Morgan fingerprint density at radius 1 is 0.413 bits per heavy atom. The molecular formula is C57H38N4O2. The van der Waals surface area contributed by atoms with E-state index in [4.69, 9.17) is 23.8 Å². The van der Waals surface area contributed by atoms with Gasteiger partial charge in [0.15, 0.2) is 23.1 Å². The number of aromatic nitrogens is 4. The lowest BCUT2D eigenvalue weighted by Gasteiger charge is -2.13. The quantitative estimate of drug-likeness (QED) is 0.167. The summed E-state index contributed by atoms with van der Waals surface area (Å²) in [5, 5.41) is 6.57. The van der Waals surface area contributed by atoms with Crippen molar-refractivity contribution in [1.82, 2.24) is 19.5 Å². The molecule has 0 aliphatic heterocycles. The molecule has 0 saturated carbocycles. The molecule has 0 saturated heterocycles. The monoisotopic (exact) mass is 810 g/mol. The minimum Gasteiger partial charge on any atom is -0.456 e. The summed E-state index contributed by atoms with van der Waals surface area (Å²) < 4.78 is 15.8. The van der Waals surface area contributed by atoms with Crippen LogP contribution in [-0.4, -0.2) is 19.5 Å². The molecule has 0 spiro atoms. The molecule has 13 rings (SSSR count). The van der Waals surface area contributed by atoms with Crippen LogP contribution in [0, 0.1) is 0 Å². The number of benzene rings is 7. The average molecular weight is 811 g/mol. The van der Waals surface area contributed by atoms with Crippen LogP contribution in [0.15, 0.2) is 191 Å². The van der Waals surface area contributed by atoms with Gasteiger partial charge in [0.25, 0.3) is 0 Å². The summed E-state index contributed by atoms with van der Waals surface area (Å²) in [6.45, 7) is 0. The lowest BCUT2D eigenvalue weighted by molar-refractivity contribution is 0.666. The van der Waals surface area contributed by atoms with Crippen molar-refractivity contribution in [2.75, 3.05) is 0 Å². The molecule has 0 atom stereocenters. The van der Waals surface area contributed by atoms with Gasteiger partial charge in [0.2, 0.25) is 0 Å². The highest BCUT2D eigenvalue weighted by Crippen LogP contribution is 2.44. The molecule has 6 heteroatoms. The Bertz CT molecular complexity index is 3800. The molecule has 4 aromatic heterocycles. The number of hydrogen-bond donors (Lipinski definition) is 0. The summed E-state index contributed by atoms with van der Waals surface area (Å²) in [7, 11) is 0. The highest BCUT2D eigenvalue weighted by molar-refractivity contribution is 6.17. The van der Waals surface area contributed by atoms with E-state index in [1.165, 1.54) is 11.0 Å². The summed E-state index contributed by atoms with van der Waals surface area (Å²) >= 11 is 0. The van der Waals surface area contributed by atoms with E-state index in [1.54, 1.807) is 0 Å². The van der Waals surface area contributed by atoms with Crippen molar-refractivity contribution < 1.29 is 8.83 Å². The van der Waals surface area contributed by atoms with Crippen molar-refractivity contribution in [1.29, 1.82) is 0 Å². The van der Waals surface area contributed by atoms with Gasteiger partial charge in [-0.3, -0.25) is 0 Å². The summed E-state index contributed by atoms with van der Waals surface area (Å²) in [4.78, 5) is 15.6. The Labute approximate surface area is 362 Å². The molecule has 0 radical (unpaired) electrons. The van der Waals surface area contributed by atoms with Gasteiger partial charge in [0.1, 0.15) is 16.7 Å². The topological polar surface area (TPSA) is 69.9 Å². The number of para-hydroxylation sites is 3. The maximum absolute atomic E-state index is 7.14. The first-order chi connectivity index (χ1) is 31.2. The molecule has 2 aliphatic carbocycles. The third-order valence-corrected chi connectivity index (χ3v) is 12.7. The van der Waals surface area contributed by atoms with Gasteiger partial charge in [-0.1, -0.05) is 127 Å². The van der Waals surface area contributed by atoms with Crippen LogP contribution in [0.1, 0.15) is 37.1 Å². The van der Waals surface area contributed by atoms with E-state index in [-0.39, 0.29) is 0 Å². The number of fused-ring (bicyclic) bond motifs is 9. The fourth-order valence-corrected chi connectivity index (χ4v) is 9.70. The first kappa shape index (κ1) is 35.6. The highest BCUT2D eigenvalue weighted by atomic mass is 16.3.